The molecule has 1 aromatic rings. The lowest BCUT2D eigenvalue weighted by atomic mass is 9.88. The average Bonchev–Trinajstić information content (AvgIpc) is 3.31. The van der Waals surface area contributed by atoms with Crippen molar-refractivity contribution in [3.05, 3.63) is 48.0 Å². The number of hydrogen-bond acceptors (Lipinski definition) is 4. The third kappa shape index (κ3) is 2.77. The van der Waals surface area contributed by atoms with Crippen LogP contribution in [0.25, 0.3) is 0 Å². The zero-order valence-electron chi connectivity index (χ0n) is 14.1. The highest BCUT2D eigenvalue weighted by Crippen LogP contribution is 2.43. The molecule has 1 saturated carbocycles. The molecule has 4 rings (SSSR count). The third-order valence-electron chi connectivity index (χ3n) is 5.86. The SMILES string of the molecule is CN(CC1CC(c2ccccc2)NN1)C(=O)[C@@H]1[C@H](N)[C@@H]2C=C[C@H]1C2. The number of amides is 1. The maximum absolute atomic E-state index is 12.8. The molecule has 2 aliphatic carbocycles. The fraction of sp³-hybridized carbons (Fsp3) is 0.526. The van der Waals surface area contributed by atoms with Crippen LogP contribution < -0.4 is 16.6 Å². The normalized spacial score (nSPS) is 37.1. The number of rotatable bonds is 4. The number of carbonyl (C=O) groups excluding carboxylic acids is 1. The summed E-state index contributed by atoms with van der Waals surface area (Å²) in [6.07, 6.45) is 6.40. The molecule has 0 aromatic heterocycles. The van der Waals surface area contributed by atoms with Gasteiger partial charge in [-0.2, -0.15) is 0 Å². The second-order valence-corrected chi connectivity index (χ2v) is 7.45. The van der Waals surface area contributed by atoms with E-state index in [1.54, 1.807) is 0 Å². The van der Waals surface area contributed by atoms with Crippen molar-refractivity contribution in [2.75, 3.05) is 13.6 Å². The van der Waals surface area contributed by atoms with Crippen molar-refractivity contribution in [1.82, 2.24) is 15.8 Å². The van der Waals surface area contributed by atoms with E-state index in [4.69, 9.17) is 5.73 Å². The molecule has 0 spiro atoms. The molecular formula is C19H26N4O. The van der Waals surface area contributed by atoms with Gasteiger partial charge in [-0.25, -0.2) is 5.43 Å². The highest BCUT2D eigenvalue weighted by Gasteiger charge is 2.47. The molecule has 1 amide bonds. The molecule has 2 unspecified atom stereocenters. The first-order chi connectivity index (χ1) is 11.6. The Hall–Kier alpha value is -1.69. The van der Waals surface area contributed by atoms with Gasteiger partial charge in [0.25, 0.3) is 0 Å². The van der Waals surface area contributed by atoms with E-state index in [-0.39, 0.29) is 23.9 Å². The summed E-state index contributed by atoms with van der Waals surface area (Å²) in [6, 6.07) is 11.0. The van der Waals surface area contributed by atoms with Crippen molar-refractivity contribution >= 4 is 5.91 Å². The van der Waals surface area contributed by atoms with Crippen LogP contribution in [0.4, 0.5) is 0 Å². The Morgan fingerprint density at radius 3 is 2.62 bits per heavy atom. The zero-order valence-corrected chi connectivity index (χ0v) is 14.1. The lowest BCUT2D eigenvalue weighted by Gasteiger charge is -2.29. The van der Waals surface area contributed by atoms with Gasteiger partial charge in [-0.05, 0) is 30.2 Å². The molecule has 6 atom stereocenters. The predicted molar refractivity (Wildman–Crippen MR) is 93.7 cm³/mol. The number of hydrazine groups is 1. The summed E-state index contributed by atoms with van der Waals surface area (Å²) in [4.78, 5) is 14.7. The molecule has 1 aliphatic heterocycles. The monoisotopic (exact) mass is 326 g/mol. The van der Waals surface area contributed by atoms with Crippen molar-refractivity contribution in [2.24, 2.45) is 23.5 Å². The fourth-order valence-corrected chi connectivity index (χ4v) is 4.53. The zero-order chi connectivity index (χ0) is 16.7. The minimum atomic E-state index is -0.0377. The maximum atomic E-state index is 12.8. The van der Waals surface area contributed by atoms with E-state index in [0.717, 1.165) is 12.8 Å². The standard InChI is InChI=1S/C19H26N4O/c1-23(19(24)17-13-7-8-14(9-13)18(17)20)11-15-10-16(22-21-15)12-5-3-2-4-6-12/h2-8,13-18,21-22H,9-11,20H2,1H3/t13-,14+,15?,16?,17-,18+/m0/s1. The van der Waals surface area contributed by atoms with Gasteiger partial charge >= 0.3 is 0 Å². The Balaban J connectivity index is 1.34. The predicted octanol–water partition coefficient (Wildman–Crippen LogP) is 1.20. The highest BCUT2D eigenvalue weighted by atomic mass is 16.2. The van der Waals surface area contributed by atoms with Crippen LogP contribution in [-0.2, 0) is 4.79 Å². The van der Waals surface area contributed by atoms with Gasteiger partial charge in [0.15, 0.2) is 0 Å². The first-order valence-corrected chi connectivity index (χ1v) is 8.88. The number of hydrogen-bond donors (Lipinski definition) is 3. The highest BCUT2D eigenvalue weighted by molar-refractivity contribution is 5.81. The second-order valence-electron chi connectivity index (χ2n) is 7.45. The largest absolute Gasteiger partial charge is 0.344 e. The molecule has 0 radical (unpaired) electrons. The minimum Gasteiger partial charge on any atom is -0.344 e. The number of likely N-dealkylation sites (N-methyl/N-ethyl adjacent to an activating group) is 1. The summed E-state index contributed by atoms with van der Waals surface area (Å²) in [6.45, 7) is 0.708. The molecule has 5 nitrogen and oxygen atoms in total. The Bertz CT molecular complexity index is 632. The fourth-order valence-electron chi connectivity index (χ4n) is 4.53. The summed E-state index contributed by atoms with van der Waals surface area (Å²) < 4.78 is 0. The number of allylic oxidation sites excluding steroid dienone is 1. The summed E-state index contributed by atoms with van der Waals surface area (Å²) >= 11 is 0. The van der Waals surface area contributed by atoms with E-state index in [9.17, 15) is 4.79 Å². The molecule has 5 heteroatoms. The lowest BCUT2D eigenvalue weighted by molar-refractivity contribution is -0.135. The van der Waals surface area contributed by atoms with Crippen molar-refractivity contribution < 1.29 is 4.79 Å². The summed E-state index contributed by atoms with van der Waals surface area (Å²) in [7, 11) is 1.91. The van der Waals surface area contributed by atoms with Crippen molar-refractivity contribution in [1.29, 1.82) is 0 Å². The van der Waals surface area contributed by atoms with Crippen molar-refractivity contribution in [3.63, 3.8) is 0 Å². The number of nitrogens with zero attached hydrogens (tertiary/aromatic N) is 1. The van der Waals surface area contributed by atoms with Crippen LogP contribution in [-0.4, -0.2) is 36.5 Å². The quantitative estimate of drug-likeness (QED) is 0.727. The number of benzene rings is 1. The van der Waals surface area contributed by atoms with Gasteiger partial charge in [0.2, 0.25) is 5.91 Å². The van der Waals surface area contributed by atoms with E-state index in [1.807, 2.05) is 18.0 Å². The van der Waals surface area contributed by atoms with Gasteiger partial charge < -0.3 is 10.6 Å². The van der Waals surface area contributed by atoms with E-state index >= 15 is 0 Å². The third-order valence-corrected chi connectivity index (χ3v) is 5.86. The number of carbonyl (C=O) groups is 1. The maximum Gasteiger partial charge on any atom is 0.227 e. The van der Waals surface area contributed by atoms with Crippen LogP contribution in [0, 0.1) is 17.8 Å². The van der Waals surface area contributed by atoms with Crippen LogP contribution in [0.2, 0.25) is 0 Å². The Kier molecular flexibility index (Phi) is 4.16. The summed E-state index contributed by atoms with van der Waals surface area (Å²) in [5.74, 6) is 0.895. The Labute approximate surface area is 143 Å². The molecule has 2 bridgehead atoms. The van der Waals surface area contributed by atoms with E-state index in [0.29, 0.717) is 24.4 Å². The van der Waals surface area contributed by atoms with Crippen molar-refractivity contribution in [2.45, 2.75) is 31.0 Å². The van der Waals surface area contributed by atoms with Crippen LogP contribution in [0.15, 0.2) is 42.5 Å². The van der Waals surface area contributed by atoms with Gasteiger partial charge in [0.05, 0.1) is 5.92 Å². The molecule has 1 aromatic carbocycles. The molecule has 1 saturated heterocycles. The van der Waals surface area contributed by atoms with Gasteiger partial charge in [-0.15, -0.1) is 0 Å². The van der Waals surface area contributed by atoms with Crippen LogP contribution in [0.5, 0.6) is 0 Å². The lowest BCUT2D eigenvalue weighted by Crippen LogP contribution is -2.48. The van der Waals surface area contributed by atoms with E-state index < -0.39 is 0 Å². The first-order valence-electron chi connectivity index (χ1n) is 8.88. The van der Waals surface area contributed by atoms with Crippen LogP contribution in [0.3, 0.4) is 0 Å². The molecule has 128 valence electrons. The molecule has 3 aliphatic rings. The smallest absolute Gasteiger partial charge is 0.227 e. The minimum absolute atomic E-state index is 0.0123. The molecule has 1 heterocycles. The second kappa shape index (κ2) is 6.31. The van der Waals surface area contributed by atoms with Crippen LogP contribution >= 0.6 is 0 Å². The van der Waals surface area contributed by atoms with E-state index in [2.05, 4.69) is 47.3 Å². The number of nitrogens with two attached hydrogens (primary N) is 1. The average molecular weight is 326 g/mol. The van der Waals surface area contributed by atoms with Crippen LogP contribution in [0.1, 0.15) is 24.4 Å². The van der Waals surface area contributed by atoms with Gasteiger partial charge in [-0.3, -0.25) is 10.2 Å². The first kappa shape index (κ1) is 15.8. The molecule has 4 N–H and O–H groups in total. The topological polar surface area (TPSA) is 70.4 Å². The summed E-state index contributed by atoms with van der Waals surface area (Å²) in [5.41, 5.74) is 14.2. The van der Waals surface area contributed by atoms with Gasteiger partial charge in [-0.1, -0.05) is 42.5 Å². The van der Waals surface area contributed by atoms with Gasteiger partial charge in [0, 0.05) is 31.7 Å². The Morgan fingerprint density at radius 2 is 1.92 bits per heavy atom. The Morgan fingerprint density at radius 1 is 1.17 bits per heavy atom. The molecule has 24 heavy (non-hydrogen) atoms. The molecular weight excluding hydrogens is 300 g/mol. The number of fused-ring (bicyclic) bond motifs is 2. The summed E-state index contributed by atoms with van der Waals surface area (Å²) in [5, 5.41) is 0. The molecule has 2 fully saturated rings. The van der Waals surface area contributed by atoms with Gasteiger partial charge in [0.1, 0.15) is 0 Å². The number of nitrogens with one attached hydrogen (secondary N) is 2. The van der Waals surface area contributed by atoms with E-state index in [1.165, 1.54) is 5.56 Å². The van der Waals surface area contributed by atoms with Crippen molar-refractivity contribution in [3.8, 4) is 0 Å².